The van der Waals surface area contributed by atoms with Gasteiger partial charge in [-0.05, 0) is 22.6 Å². The van der Waals surface area contributed by atoms with Crippen molar-refractivity contribution in [3.63, 3.8) is 0 Å². The smallest absolute Gasteiger partial charge is 0.309 e. The summed E-state index contributed by atoms with van der Waals surface area (Å²) in [4.78, 5) is 11.4. The van der Waals surface area contributed by atoms with Crippen LogP contribution < -0.4 is 0 Å². The lowest BCUT2D eigenvalue weighted by Gasteiger charge is -2.08. The van der Waals surface area contributed by atoms with Gasteiger partial charge in [-0.3, -0.25) is 4.79 Å². The summed E-state index contributed by atoms with van der Waals surface area (Å²) in [6.07, 6.45) is 0.0760. The average Bonchev–Trinajstić information content (AvgIpc) is 2.95. The van der Waals surface area contributed by atoms with Crippen molar-refractivity contribution in [2.75, 3.05) is 7.11 Å². The van der Waals surface area contributed by atoms with Crippen molar-refractivity contribution in [2.24, 2.45) is 0 Å². The van der Waals surface area contributed by atoms with Gasteiger partial charge in [0.1, 0.15) is 4.21 Å². The monoisotopic (exact) mass is 310 g/mol. The third-order valence-electron chi connectivity index (χ3n) is 2.83. The Hall–Kier alpha value is -1.66. The first kappa shape index (κ1) is 14.7. The summed E-state index contributed by atoms with van der Waals surface area (Å²) in [6, 6.07) is 10.3. The molecule has 20 heavy (non-hydrogen) atoms. The van der Waals surface area contributed by atoms with E-state index in [0.717, 1.165) is 0 Å². The fraction of sp³-hybridized carbons (Fsp3) is 0.214. The average molecular weight is 310 g/mol. The lowest BCUT2D eigenvalue weighted by molar-refractivity contribution is -0.139. The van der Waals surface area contributed by atoms with Gasteiger partial charge in [0, 0.05) is 0 Å². The molecule has 0 fully saturated rings. The highest BCUT2D eigenvalue weighted by Gasteiger charge is 2.19. The van der Waals surface area contributed by atoms with Gasteiger partial charge in [-0.2, -0.15) is 0 Å². The fourth-order valence-corrected chi connectivity index (χ4v) is 4.31. The molecular formula is C14H14O4S2. The molecule has 2 rings (SSSR count). The van der Waals surface area contributed by atoms with Gasteiger partial charge in [0.2, 0.25) is 0 Å². The number of carbonyl (C=O) groups is 1. The minimum Gasteiger partial charge on any atom is -0.469 e. The van der Waals surface area contributed by atoms with Crippen LogP contribution in [0.4, 0.5) is 0 Å². The van der Waals surface area contributed by atoms with Crippen molar-refractivity contribution in [1.82, 2.24) is 0 Å². The quantitative estimate of drug-likeness (QED) is 0.796. The lowest BCUT2D eigenvalue weighted by atomic mass is 10.1. The summed E-state index contributed by atoms with van der Waals surface area (Å²) in [7, 11) is -2.06. The Balaban J connectivity index is 2.28. The SMILES string of the molecule is COC(=O)Cc1ccccc1CS(=O)(=O)c1cccs1. The van der Waals surface area contributed by atoms with Crippen molar-refractivity contribution in [3.05, 3.63) is 52.9 Å². The Morgan fingerprint density at radius 3 is 2.45 bits per heavy atom. The Morgan fingerprint density at radius 1 is 1.15 bits per heavy atom. The van der Waals surface area contributed by atoms with E-state index in [4.69, 9.17) is 0 Å². The molecule has 0 aliphatic heterocycles. The summed E-state index contributed by atoms with van der Waals surface area (Å²) >= 11 is 1.19. The molecule has 0 unspecified atom stereocenters. The molecule has 0 amide bonds. The summed E-state index contributed by atoms with van der Waals surface area (Å²) in [5.74, 6) is -0.494. The molecule has 2 aromatic rings. The third-order valence-corrected chi connectivity index (χ3v) is 5.98. The van der Waals surface area contributed by atoms with Crippen LogP contribution in [0.2, 0.25) is 0 Å². The first-order chi connectivity index (χ1) is 9.53. The zero-order chi connectivity index (χ0) is 14.6. The molecule has 4 nitrogen and oxygen atoms in total. The summed E-state index contributed by atoms with van der Waals surface area (Å²) in [5, 5.41) is 1.73. The largest absolute Gasteiger partial charge is 0.469 e. The van der Waals surface area contributed by atoms with Gasteiger partial charge in [0.05, 0.1) is 19.3 Å². The van der Waals surface area contributed by atoms with Crippen LogP contribution in [0.3, 0.4) is 0 Å². The molecule has 0 atom stereocenters. The van der Waals surface area contributed by atoms with Crippen LogP contribution in [0, 0.1) is 0 Å². The van der Waals surface area contributed by atoms with Gasteiger partial charge < -0.3 is 4.74 Å². The molecule has 0 saturated heterocycles. The molecule has 0 N–H and O–H groups in total. The van der Waals surface area contributed by atoms with E-state index in [1.165, 1.54) is 18.4 Å². The van der Waals surface area contributed by atoms with Crippen LogP contribution in [0.15, 0.2) is 46.0 Å². The summed E-state index contributed by atoms with van der Waals surface area (Å²) in [5.41, 5.74) is 1.31. The number of hydrogen-bond acceptors (Lipinski definition) is 5. The second-order valence-corrected chi connectivity index (χ2v) is 7.38. The maximum absolute atomic E-state index is 12.3. The molecular weight excluding hydrogens is 296 g/mol. The standard InChI is InChI=1S/C14H14O4S2/c1-18-13(15)9-11-5-2-3-6-12(11)10-20(16,17)14-7-4-8-19-14/h2-8H,9-10H2,1H3. The maximum atomic E-state index is 12.3. The molecule has 0 radical (unpaired) electrons. The Bertz CT molecular complexity index is 688. The van der Waals surface area contributed by atoms with Crippen LogP contribution in [-0.2, 0) is 31.5 Å². The molecule has 0 bridgehead atoms. The van der Waals surface area contributed by atoms with Gasteiger partial charge in [-0.15, -0.1) is 11.3 Å². The van der Waals surface area contributed by atoms with E-state index in [9.17, 15) is 13.2 Å². The van der Waals surface area contributed by atoms with Crippen LogP contribution >= 0.6 is 11.3 Å². The van der Waals surface area contributed by atoms with Crippen LogP contribution in [0.1, 0.15) is 11.1 Å². The molecule has 106 valence electrons. The van der Waals surface area contributed by atoms with Gasteiger partial charge in [0.15, 0.2) is 9.84 Å². The predicted molar refractivity (Wildman–Crippen MR) is 77.4 cm³/mol. The van der Waals surface area contributed by atoms with E-state index in [1.807, 2.05) is 0 Å². The maximum Gasteiger partial charge on any atom is 0.309 e. The first-order valence-corrected chi connectivity index (χ1v) is 8.46. The Morgan fingerprint density at radius 2 is 1.85 bits per heavy atom. The number of hydrogen-bond donors (Lipinski definition) is 0. The summed E-state index contributed by atoms with van der Waals surface area (Å²) in [6.45, 7) is 0. The van der Waals surface area contributed by atoms with Gasteiger partial charge in [-0.25, -0.2) is 8.42 Å². The van der Waals surface area contributed by atoms with Gasteiger partial charge >= 0.3 is 5.97 Å². The van der Waals surface area contributed by atoms with Crippen molar-refractivity contribution in [2.45, 2.75) is 16.4 Å². The Kier molecular flexibility index (Phi) is 4.57. The van der Waals surface area contributed by atoms with E-state index in [1.54, 1.807) is 41.8 Å². The number of esters is 1. The van der Waals surface area contributed by atoms with E-state index < -0.39 is 9.84 Å². The highest BCUT2D eigenvalue weighted by Crippen LogP contribution is 2.23. The van der Waals surface area contributed by atoms with E-state index in [2.05, 4.69) is 4.74 Å². The Labute approximate surface area is 121 Å². The number of benzene rings is 1. The molecule has 6 heteroatoms. The summed E-state index contributed by atoms with van der Waals surface area (Å²) < 4.78 is 29.5. The first-order valence-electron chi connectivity index (χ1n) is 5.93. The second-order valence-electron chi connectivity index (χ2n) is 4.21. The second kappa shape index (κ2) is 6.19. The van der Waals surface area contributed by atoms with E-state index >= 15 is 0 Å². The van der Waals surface area contributed by atoms with Crippen LogP contribution in [0.5, 0.6) is 0 Å². The molecule has 0 aliphatic carbocycles. The molecule has 0 spiro atoms. The molecule has 0 saturated carbocycles. The van der Waals surface area contributed by atoms with Crippen molar-refractivity contribution in [1.29, 1.82) is 0 Å². The number of rotatable bonds is 5. The predicted octanol–water partition coefficient (Wildman–Crippen LogP) is 2.44. The fourth-order valence-electron chi connectivity index (χ4n) is 1.81. The molecule has 0 aliphatic rings. The van der Waals surface area contributed by atoms with Gasteiger partial charge in [0.25, 0.3) is 0 Å². The van der Waals surface area contributed by atoms with Crippen molar-refractivity contribution >= 4 is 27.1 Å². The number of ether oxygens (including phenoxy) is 1. The number of methoxy groups -OCH3 is 1. The molecule has 1 heterocycles. The lowest BCUT2D eigenvalue weighted by Crippen LogP contribution is -2.10. The van der Waals surface area contributed by atoms with Crippen LogP contribution in [-0.4, -0.2) is 21.5 Å². The zero-order valence-electron chi connectivity index (χ0n) is 10.9. The minimum atomic E-state index is -3.37. The van der Waals surface area contributed by atoms with Gasteiger partial charge in [-0.1, -0.05) is 30.3 Å². The minimum absolute atomic E-state index is 0.0760. The molecule has 1 aromatic carbocycles. The topological polar surface area (TPSA) is 60.4 Å². The van der Waals surface area contributed by atoms with Crippen LogP contribution in [0.25, 0.3) is 0 Å². The van der Waals surface area contributed by atoms with E-state index in [-0.39, 0.29) is 18.1 Å². The normalized spacial score (nSPS) is 11.2. The number of thiophene rings is 1. The van der Waals surface area contributed by atoms with Crippen molar-refractivity contribution < 1.29 is 17.9 Å². The molecule has 1 aromatic heterocycles. The number of sulfone groups is 1. The number of carbonyl (C=O) groups excluding carboxylic acids is 1. The highest BCUT2D eigenvalue weighted by molar-refractivity contribution is 7.92. The zero-order valence-corrected chi connectivity index (χ0v) is 12.5. The van der Waals surface area contributed by atoms with Crippen molar-refractivity contribution in [3.8, 4) is 0 Å². The highest BCUT2D eigenvalue weighted by atomic mass is 32.2. The third kappa shape index (κ3) is 3.46. The van der Waals surface area contributed by atoms with E-state index in [0.29, 0.717) is 15.3 Å².